The van der Waals surface area contributed by atoms with Crippen LogP contribution in [0.2, 0.25) is 0 Å². The first-order valence-corrected chi connectivity index (χ1v) is 7.53. The van der Waals surface area contributed by atoms with Crippen LogP contribution in [0.15, 0.2) is 30.3 Å². The van der Waals surface area contributed by atoms with E-state index in [9.17, 15) is 22.8 Å². The van der Waals surface area contributed by atoms with Crippen LogP contribution < -0.4 is 5.32 Å². The Bertz CT molecular complexity index is 538. The van der Waals surface area contributed by atoms with E-state index < -0.39 is 12.1 Å². The van der Waals surface area contributed by atoms with Gasteiger partial charge in [0.2, 0.25) is 5.91 Å². The highest BCUT2D eigenvalue weighted by Gasteiger charge is 2.43. The lowest BCUT2D eigenvalue weighted by atomic mass is 9.96. The van der Waals surface area contributed by atoms with Crippen molar-refractivity contribution in [2.45, 2.75) is 25.4 Å². The Morgan fingerprint density at radius 3 is 2.30 bits per heavy atom. The van der Waals surface area contributed by atoms with Crippen LogP contribution >= 0.6 is 0 Å². The number of amides is 2. The van der Waals surface area contributed by atoms with Gasteiger partial charge in [-0.25, -0.2) is 0 Å². The molecule has 0 unspecified atom stereocenters. The Morgan fingerprint density at radius 2 is 1.74 bits per heavy atom. The van der Waals surface area contributed by atoms with Gasteiger partial charge in [0.15, 0.2) is 0 Å². The van der Waals surface area contributed by atoms with Gasteiger partial charge in [-0.1, -0.05) is 30.3 Å². The summed E-state index contributed by atoms with van der Waals surface area (Å²) >= 11 is 0. The molecule has 1 saturated heterocycles. The summed E-state index contributed by atoms with van der Waals surface area (Å²) < 4.78 is 37.0. The molecule has 7 heteroatoms. The van der Waals surface area contributed by atoms with Gasteiger partial charge in [-0.15, -0.1) is 0 Å². The second-order valence-corrected chi connectivity index (χ2v) is 5.70. The van der Waals surface area contributed by atoms with E-state index in [1.165, 1.54) is 0 Å². The van der Waals surface area contributed by atoms with Crippen molar-refractivity contribution in [3.63, 3.8) is 0 Å². The Balaban J connectivity index is 1.70. The lowest BCUT2D eigenvalue weighted by Crippen LogP contribution is -2.46. The van der Waals surface area contributed by atoms with Crippen molar-refractivity contribution in [3.05, 3.63) is 35.9 Å². The van der Waals surface area contributed by atoms with E-state index in [2.05, 4.69) is 5.32 Å². The van der Waals surface area contributed by atoms with Crippen molar-refractivity contribution in [3.8, 4) is 0 Å². The molecule has 1 fully saturated rings. The van der Waals surface area contributed by atoms with Crippen LogP contribution in [0.1, 0.15) is 18.4 Å². The molecule has 1 aliphatic heterocycles. The number of alkyl halides is 3. The standard InChI is InChI=1S/C16H19F3N2O2/c17-16(18,19)15(23)21-8-6-13(7-9-21)11-20-14(22)10-12-4-2-1-3-5-12/h1-5,13H,6-11H2,(H,20,22). The van der Waals surface area contributed by atoms with Crippen molar-refractivity contribution in [1.29, 1.82) is 0 Å². The second kappa shape index (κ2) is 7.48. The molecule has 0 aliphatic carbocycles. The molecule has 1 aliphatic rings. The molecule has 126 valence electrons. The molecule has 2 amide bonds. The van der Waals surface area contributed by atoms with E-state index in [1.54, 1.807) is 0 Å². The number of likely N-dealkylation sites (tertiary alicyclic amines) is 1. The second-order valence-electron chi connectivity index (χ2n) is 5.70. The Labute approximate surface area is 132 Å². The molecule has 0 spiro atoms. The SMILES string of the molecule is O=C(Cc1ccccc1)NCC1CCN(C(=O)C(F)(F)F)CC1. The van der Waals surface area contributed by atoms with Crippen molar-refractivity contribution in [2.75, 3.05) is 19.6 Å². The monoisotopic (exact) mass is 328 g/mol. The van der Waals surface area contributed by atoms with Crippen LogP contribution in [0.3, 0.4) is 0 Å². The molecule has 1 heterocycles. The third-order valence-corrected chi connectivity index (χ3v) is 3.94. The first-order chi connectivity index (χ1) is 10.9. The summed E-state index contributed by atoms with van der Waals surface area (Å²) in [5.41, 5.74) is 0.913. The molecule has 0 aromatic heterocycles. The highest BCUT2D eigenvalue weighted by Crippen LogP contribution is 2.23. The maximum Gasteiger partial charge on any atom is 0.471 e. The summed E-state index contributed by atoms with van der Waals surface area (Å²) in [4.78, 5) is 23.8. The molecule has 4 nitrogen and oxygen atoms in total. The first-order valence-electron chi connectivity index (χ1n) is 7.53. The van der Waals surface area contributed by atoms with Crippen LogP contribution in [0, 0.1) is 5.92 Å². The number of halogens is 3. The Morgan fingerprint density at radius 1 is 1.13 bits per heavy atom. The normalized spacial score (nSPS) is 16.2. The van der Waals surface area contributed by atoms with E-state index >= 15 is 0 Å². The van der Waals surface area contributed by atoms with Crippen molar-refractivity contribution < 1.29 is 22.8 Å². The number of nitrogens with one attached hydrogen (secondary N) is 1. The van der Waals surface area contributed by atoms with Gasteiger partial charge >= 0.3 is 12.1 Å². The molecular weight excluding hydrogens is 309 g/mol. The minimum atomic E-state index is -4.81. The number of hydrogen-bond acceptors (Lipinski definition) is 2. The van der Waals surface area contributed by atoms with Crippen molar-refractivity contribution in [2.24, 2.45) is 5.92 Å². The van der Waals surface area contributed by atoms with Gasteiger partial charge in [0.05, 0.1) is 6.42 Å². The van der Waals surface area contributed by atoms with Gasteiger partial charge in [-0.2, -0.15) is 13.2 Å². The smallest absolute Gasteiger partial charge is 0.356 e. The van der Waals surface area contributed by atoms with E-state index in [-0.39, 0.29) is 31.3 Å². The molecule has 0 saturated carbocycles. The third kappa shape index (κ3) is 5.26. The first kappa shape index (κ1) is 17.3. The summed E-state index contributed by atoms with van der Waals surface area (Å²) in [6.07, 6.45) is -3.59. The number of hydrogen-bond donors (Lipinski definition) is 1. The Hall–Kier alpha value is -2.05. The van der Waals surface area contributed by atoms with Crippen LogP contribution in [0.5, 0.6) is 0 Å². The highest BCUT2D eigenvalue weighted by atomic mass is 19.4. The summed E-state index contributed by atoms with van der Waals surface area (Å²) in [6, 6.07) is 9.31. The van der Waals surface area contributed by atoms with E-state index in [0.717, 1.165) is 10.5 Å². The molecule has 0 atom stereocenters. The number of carbonyl (C=O) groups excluding carboxylic acids is 2. The maximum atomic E-state index is 12.3. The van der Waals surface area contributed by atoms with Gasteiger partial charge in [0.25, 0.3) is 0 Å². The van der Waals surface area contributed by atoms with E-state index in [1.807, 2.05) is 30.3 Å². The van der Waals surface area contributed by atoms with Gasteiger partial charge in [-0.05, 0) is 24.3 Å². The Kier molecular flexibility index (Phi) is 5.63. The molecule has 23 heavy (non-hydrogen) atoms. The fourth-order valence-electron chi connectivity index (χ4n) is 2.62. The highest BCUT2D eigenvalue weighted by molar-refractivity contribution is 5.82. The minimum absolute atomic E-state index is 0.0809. The van der Waals surface area contributed by atoms with Crippen molar-refractivity contribution >= 4 is 11.8 Å². The molecule has 1 aromatic rings. The van der Waals surface area contributed by atoms with Gasteiger partial charge in [0, 0.05) is 19.6 Å². The fraction of sp³-hybridized carbons (Fsp3) is 0.500. The zero-order valence-corrected chi connectivity index (χ0v) is 12.6. The molecular formula is C16H19F3N2O2. The minimum Gasteiger partial charge on any atom is -0.356 e. The fourth-order valence-corrected chi connectivity index (χ4v) is 2.62. The number of benzene rings is 1. The molecule has 2 rings (SSSR count). The number of piperidine rings is 1. The average Bonchev–Trinajstić information content (AvgIpc) is 2.53. The third-order valence-electron chi connectivity index (χ3n) is 3.94. The topological polar surface area (TPSA) is 49.4 Å². The zero-order chi connectivity index (χ0) is 16.9. The average molecular weight is 328 g/mol. The van der Waals surface area contributed by atoms with Crippen LogP contribution in [0.25, 0.3) is 0 Å². The van der Waals surface area contributed by atoms with Gasteiger partial charge in [0.1, 0.15) is 0 Å². The summed E-state index contributed by atoms with van der Waals surface area (Å²) in [6.45, 7) is 0.592. The molecule has 1 aromatic carbocycles. The van der Waals surface area contributed by atoms with Crippen molar-refractivity contribution in [1.82, 2.24) is 10.2 Å². The lowest BCUT2D eigenvalue weighted by molar-refractivity contribution is -0.186. The molecule has 1 N–H and O–H groups in total. The van der Waals surface area contributed by atoms with Gasteiger partial charge in [-0.3, -0.25) is 9.59 Å². The van der Waals surface area contributed by atoms with Crippen LogP contribution in [-0.2, 0) is 16.0 Å². The largest absolute Gasteiger partial charge is 0.471 e. The van der Waals surface area contributed by atoms with Crippen LogP contribution in [0.4, 0.5) is 13.2 Å². The maximum absolute atomic E-state index is 12.3. The summed E-state index contributed by atoms with van der Waals surface area (Å²) in [5.74, 6) is -1.78. The van der Waals surface area contributed by atoms with E-state index in [4.69, 9.17) is 0 Å². The number of carbonyl (C=O) groups is 2. The predicted octanol–water partition coefficient (Wildman–Crippen LogP) is 2.15. The van der Waals surface area contributed by atoms with E-state index in [0.29, 0.717) is 19.4 Å². The quantitative estimate of drug-likeness (QED) is 0.921. The molecule has 0 bridgehead atoms. The summed E-state index contributed by atoms with van der Waals surface area (Å²) in [7, 11) is 0. The number of rotatable bonds is 4. The zero-order valence-electron chi connectivity index (χ0n) is 12.6. The van der Waals surface area contributed by atoms with Crippen LogP contribution in [-0.4, -0.2) is 42.5 Å². The molecule has 0 radical (unpaired) electrons. The predicted molar refractivity (Wildman–Crippen MR) is 78.5 cm³/mol. The summed E-state index contributed by atoms with van der Waals surface area (Å²) in [5, 5.41) is 2.81. The number of nitrogens with zero attached hydrogens (tertiary/aromatic N) is 1. The lowest BCUT2D eigenvalue weighted by Gasteiger charge is -2.32. The van der Waals surface area contributed by atoms with Gasteiger partial charge < -0.3 is 10.2 Å².